The topological polar surface area (TPSA) is 80.2 Å². The number of nitrogens with zero attached hydrogens (tertiary/aromatic N) is 1. The fourth-order valence-corrected chi connectivity index (χ4v) is 2.55. The second kappa shape index (κ2) is 9.83. The average molecular weight is 391 g/mol. The number of phenolic OH excluding ortho intramolecular Hbond substituents is 1. The molecule has 0 heterocycles. The molecule has 0 saturated carbocycles. The number of carbonyl (C=O) groups is 1. The van der Waals surface area contributed by atoms with Gasteiger partial charge in [0.15, 0.2) is 18.1 Å². The summed E-state index contributed by atoms with van der Waals surface area (Å²) in [4.78, 5) is 11.8. The number of aromatic hydroxyl groups is 1. The summed E-state index contributed by atoms with van der Waals surface area (Å²) in [7, 11) is 1.42. The fraction of sp³-hybridized carbons (Fsp3) is 0.300. The Morgan fingerprint density at radius 1 is 1.33 bits per heavy atom. The van der Waals surface area contributed by atoms with Gasteiger partial charge in [-0.05, 0) is 36.1 Å². The molecule has 0 aliphatic heterocycles. The van der Waals surface area contributed by atoms with E-state index in [4.69, 9.17) is 21.1 Å². The summed E-state index contributed by atoms with van der Waals surface area (Å²) >= 11 is 5.94. The zero-order valence-electron chi connectivity index (χ0n) is 15.5. The van der Waals surface area contributed by atoms with Crippen molar-refractivity contribution < 1.29 is 19.4 Å². The molecule has 27 heavy (non-hydrogen) atoms. The van der Waals surface area contributed by atoms with E-state index in [1.54, 1.807) is 0 Å². The molecular formula is C20H23ClN2O4. The van der Waals surface area contributed by atoms with Gasteiger partial charge in [0.1, 0.15) is 5.75 Å². The molecule has 0 aliphatic rings. The lowest BCUT2D eigenvalue weighted by molar-refractivity contribution is -0.123. The second-order valence-electron chi connectivity index (χ2n) is 6.01. The second-order valence-corrected chi connectivity index (χ2v) is 6.44. The lowest BCUT2D eigenvalue weighted by Crippen LogP contribution is -2.24. The number of hydrogen-bond donors (Lipinski definition) is 2. The minimum absolute atomic E-state index is 0.113. The van der Waals surface area contributed by atoms with Gasteiger partial charge in [0.05, 0.1) is 13.3 Å². The Balaban J connectivity index is 1.88. The summed E-state index contributed by atoms with van der Waals surface area (Å²) in [6.45, 7) is 4.12. The lowest BCUT2D eigenvalue weighted by Gasteiger charge is -2.10. The van der Waals surface area contributed by atoms with E-state index in [-0.39, 0.29) is 18.1 Å². The Kier molecular flexibility index (Phi) is 7.49. The Morgan fingerprint density at radius 3 is 2.67 bits per heavy atom. The van der Waals surface area contributed by atoms with Crippen molar-refractivity contribution >= 4 is 23.7 Å². The number of rotatable bonds is 8. The number of hydrogen-bond acceptors (Lipinski definition) is 5. The molecule has 0 radical (unpaired) electrons. The van der Waals surface area contributed by atoms with Gasteiger partial charge in [-0.2, -0.15) is 5.10 Å². The first kappa shape index (κ1) is 20.6. The molecule has 1 amide bonds. The van der Waals surface area contributed by atoms with Crippen molar-refractivity contribution in [3.8, 4) is 17.2 Å². The molecular weight excluding hydrogens is 368 g/mol. The highest BCUT2D eigenvalue weighted by Gasteiger charge is 2.09. The van der Waals surface area contributed by atoms with Gasteiger partial charge in [-0.15, -0.1) is 0 Å². The van der Waals surface area contributed by atoms with Crippen LogP contribution in [0, 0.1) is 0 Å². The van der Waals surface area contributed by atoms with E-state index in [0.717, 1.165) is 6.42 Å². The summed E-state index contributed by atoms with van der Waals surface area (Å²) in [5.41, 5.74) is 3.89. The van der Waals surface area contributed by atoms with Crippen LogP contribution in [0.1, 0.15) is 37.3 Å². The molecule has 0 fully saturated rings. The molecule has 0 bridgehead atoms. The molecule has 0 aliphatic carbocycles. The number of carbonyl (C=O) groups excluding carboxylic acids is 1. The Labute approximate surface area is 163 Å². The molecule has 6 nitrogen and oxygen atoms in total. The summed E-state index contributed by atoms with van der Waals surface area (Å²) in [5.74, 6) is 0.777. The predicted octanol–water partition coefficient (Wildman–Crippen LogP) is 4.10. The van der Waals surface area contributed by atoms with E-state index >= 15 is 0 Å². The number of amides is 1. The Hall–Kier alpha value is -2.73. The zero-order valence-corrected chi connectivity index (χ0v) is 16.3. The lowest BCUT2D eigenvalue weighted by atomic mass is 9.99. The molecule has 2 N–H and O–H groups in total. The number of methoxy groups -OCH3 is 1. The molecule has 2 aromatic rings. The SMILES string of the molecule is CCC(C)c1ccc(OCC(=O)N/N=C\c2cc(Cl)cc(OC)c2O)cc1. The normalized spacial score (nSPS) is 12.0. The number of halogens is 1. The van der Waals surface area contributed by atoms with Gasteiger partial charge in [-0.1, -0.05) is 37.6 Å². The van der Waals surface area contributed by atoms with Crippen LogP contribution in [0.4, 0.5) is 0 Å². The smallest absolute Gasteiger partial charge is 0.277 e. The van der Waals surface area contributed by atoms with Crippen molar-refractivity contribution in [2.24, 2.45) is 5.10 Å². The Bertz CT molecular complexity index is 806. The van der Waals surface area contributed by atoms with E-state index in [1.807, 2.05) is 24.3 Å². The molecule has 1 atom stereocenters. The highest BCUT2D eigenvalue weighted by atomic mass is 35.5. The van der Waals surface area contributed by atoms with E-state index in [9.17, 15) is 9.90 Å². The third-order valence-electron chi connectivity index (χ3n) is 4.11. The standard InChI is InChI=1S/C20H23ClN2O4/c1-4-13(2)14-5-7-17(8-6-14)27-12-19(24)23-22-11-15-9-16(21)10-18(26-3)20(15)25/h5-11,13,25H,4,12H2,1-3H3,(H,23,24)/b22-11-. The van der Waals surface area contributed by atoms with Gasteiger partial charge in [0.25, 0.3) is 5.91 Å². The van der Waals surface area contributed by atoms with Crippen LogP contribution in [0.25, 0.3) is 0 Å². The minimum atomic E-state index is -0.425. The van der Waals surface area contributed by atoms with Gasteiger partial charge in [-0.3, -0.25) is 4.79 Å². The highest BCUT2D eigenvalue weighted by molar-refractivity contribution is 6.31. The number of ether oxygens (including phenoxy) is 2. The number of benzene rings is 2. The van der Waals surface area contributed by atoms with Gasteiger partial charge >= 0.3 is 0 Å². The van der Waals surface area contributed by atoms with Crippen LogP contribution in [0.3, 0.4) is 0 Å². The van der Waals surface area contributed by atoms with E-state index in [2.05, 4.69) is 24.4 Å². The summed E-state index contributed by atoms with van der Waals surface area (Å²) in [6, 6.07) is 10.7. The van der Waals surface area contributed by atoms with Crippen molar-refractivity contribution in [3.05, 3.63) is 52.5 Å². The van der Waals surface area contributed by atoms with Gasteiger partial charge in [0, 0.05) is 16.7 Å². The molecule has 0 aromatic heterocycles. The average Bonchev–Trinajstić information content (AvgIpc) is 2.68. The monoisotopic (exact) mass is 390 g/mol. The maximum atomic E-state index is 11.8. The van der Waals surface area contributed by atoms with Crippen molar-refractivity contribution in [1.82, 2.24) is 5.43 Å². The summed E-state index contributed by atoms with van der Waals surface area (Å²) < 4.78 is 10.5. The maximum Gasteiger partial charge on any atom is 0.277 e. The van der Waals surface area contributed by atoms with Gasteiger partial charge in [-0.25, -0.2) is 5.43 Å². The van der Waals surface area contributed by atoms with E-state index in [1.165, 1.54) is 31.0 Å². The summed E-state index contributed by atoms with van der Waals surface area (Å²) in [5, 5.41) is 14.2. The van der Waals surface area contributed by atoms with Crippen LogP contribution < -0.4 is 14.9 Å². The van der Waals surface area contributed by atoms with Crippen LogP contribution in [0.15, 0.2) is 41.5 Å². The quantitative estimate of drug-likeness (QED) is 0.525. The highest BCUT2D eigenvalue weighted by Crippen LogP contribution is 2.32. The van der Waals surface area contributed by atoms with Crippen LogP contribution >= 0.6 is 11.6 Å². The van der Waals surface area contributed by atoms with E-state index < -0.39 is 5.91 Å². The van der Waals surface area contributed by atoms with Gasteiger partial charge in [0.2, 0.25) is 0 Å². The van der Waals surface area contributed by atoms with Crippen molar-refractivity contribution in [3.63, 3.8) is 0 Å². The maximum absolute atomic E-state index is 11.8. The number of phenols is 1. The molecule has 2 rings (SSSR count). The third kappa shape index (κ3) is 5.89. The first-order valence-corrected chi connectivity index (χ1v) is 8.93. The molecule has 0 saturated heterocycles. The van der Waals surface area contributed by atoms with Crippen molar-refractivity contribution in [2.75, 3.05) is 13.7 Å². The number of nitrogens with one attached hydrogen (secondary N) is 1. The molecule has 144 valence electrons. The zero-order chi connectivity index (χ0) is 19.8. The molecule has 7 heteroatoms. The van der Waals surface area contributed by atoms with Crippen LogP contribution in [-0.2, 0) is 4.79 Å². The molecule has 1 unspecified atom stereocenters. The van der Waals surface area contributed by atoms with Crippen molar-refractivity contribution in [2.45, 2.75) is 26.2 Å². The molecule has 0 spiro atoms. The van der Waals surface area contributed by atoms with Crippen LogP contribution in [-0.4, -0.2) is 30.9 Å². The molecule has 2 aromatic carbocycles. The van der Waals surface area contributed by atoms with E-state index in [0.29, 0.717) is 22.3 Å². The summed E-state index contributed by atoms with van der Waals surface area (Å²) in [6.07, 6.45) is 2.34. The van der Waals surface area contributed by atoms with Crippen molar-refractivity contribution in [1.29, 1.82) is 0 Å². The third-order valence-corrected chi connectivity index (χ3v) is 4.33. The number of hydrazone groups is 1. The van der Waals surface area contributed by atoms with Crippen LogP contribution in [0.5, 0.6) is 17.2 Å². The van der Waals surface area contributed by atoms with Crippen LogP contribution in [0.2, 0.25) is 5.02 Å². The Morgan fingerprint density at radius 2 is 2.04 bits per heavy atom. The first-order chi connectivity index (χ1) is 12.9. The fourth-order valence-electron chi connectivity index (χ4n) is 2.33. The first-order valence-electron chi connectivity index (χ1n) is 8.55. The predicted molar refractivity (Wildman–Crippen MR) is 106 cm³/mol. The van der Waals surface area contributed by atoms with Gasteiger partial charge < -0.3 is 14.6 Å². The largest absolute Gasteiger partial charge is 0.504 e. The minimum Gasteiger partial charge on any atom is -0.504 e.